The van der Waals surface area contributed by atoms with Gasteiger partial charge < -0.3 is 15.2 Å². The highest BCUT2D eigenvalue weighted by molar-refractivity contribution is 9.10. The van der Waals surface area contributed by atoms with Crippen LogP contribution in [0, 0.1) is 0 Å². The summed E-state index contributed by atoms with van der Waals surface area (Å²) in [6.07, 6.45) is 2.06. The molecule has 0 aliphatic heterocycles. The van der Waals surface area contributed by atoms with Crippen LogP contribution < -0.4 is 15.2 Å². The Kier molecular flexibility index (Phi) is 5.56. The van der Waals surface area contributed by atoms with E-state index in [4.69, 9.17) is 15.2 Å². The molecule has 2 aromatic carbocycles. The minimum Gasteiger partial charge on any atom is -0.493 e. The van der Waals surface area contributed by atoms with Crippen molar-refractivity contribution in [1.82, 2.24) is 0 Å². The van der Waals surface area contributed by atoms with Crippen LogP contribution in [0.4, 0.5) is 0 Å². The van der Waals surface area contributed by atoms with E-state index in [2.05, 4.69) is 46.5 Å². The maximum absolute atomic E-state index is 6.39. The smallest absolute Gasteiger partial charge is 0.161 e. The summed E-state index contributed by atoms with van der Waals surface area (Å²) in [4.78, 5) is 1.22. The molecule has 0 aromatic heterocycles. The number of hydrogen-bond donors (Lipinski definition) is 1. The Balaban J connectivity index is 2.39. The summed E-state index contributed by atoms with van der Waals surface area (Å²) in [5.41, 5.74) is 8.41. The lowest BCUT2D eigenvalue weighted by Gasteiger charge is -2.17. The molecule has 1 atom stereocenters. The van der Waals surface area contributed by atoms with E-state index >= 15 is 0 Å². The normalized spacial score (nSPS) is 12.0. The zero-order valence-electron chi connectivity index (χ0n) is 12.2. The molecule has 0 saturated carbocycles. The highest BCUT2D eigenvalue weighted by Crippen LogP contribution is 2.37. The summed E-state index contributed by atoms with van der Waals surface area (Å²) in [5.74, 6) is 1.35. The Morgan fingerprint density at radius 1 is 1.05 bits per heavy atom. The SMILES string of the molecule is COc1cc(Br)c(C(N)c2ccc(SC)cc2)cc1OC. The first-order chi connectivity index (χ1) is 10.1. The molecule has 3 nitrogen and oxygen atoms in total. The van der Waals surface area contributed by atoms with Gasteiger partial charge in [-0.25, -0.2) is 0 Å². The zero-order valence-corrected chi connectivity index (χ0v) is 14.6. The maximum Gasteiger partial charge on any atom is 0.161 e. The molecule has 1 unspecified atom stereocenters. The first kappa shape index (κ1) is 16.2. The molecule has 0 amide bonds. The summed E-state index contributed by atoms with van der Waals surface area (Å²) < 4.78 is 11.5. The average molecular weight is 368 g/mol. The van der Waals surface area contributed by atoms with Gasteiger partial charge in [0.25, 0.3) is 0 Å². The van der Waals surface area contributed by atoms with E-state index in [0.717, 1.165) is 15.6 Å². The van der Waals surface area contributed by atoms with Gasteiger partial charge in [0.2, 0.25) is 0 Å². The summed E-state index contributed by atoms with van der Waals surface area (Å²) in [5, 5.41) is 0. The molecule has 0 saturated heterocycles. The summed E-state index contributed by atoms with van der Waals surface area (Å²) in [6, 6.07) is 11.8. The highest BCUT2D eigenvalue weighted by Gasteiger charge is 2.16. The minimum atomic E-state index is -0.227. The van der Waals surface area contributed by atoms with Gasteiger partial charge in [0, 0.05) is 9.37 Å². The number of nitrogens with two attached hydrogens (primary N) is 1. The third kappa shape index (κ3) is 3.54. The van der Waals surface area contributed by atoms with E-state index in [1.165, 1.54) is 4.90 Å². The number of hydrogen-bond acceptors (Lipinski definition) is 4. The molecule has 112 valence electrons. The summed E-state index contributed by atoms with van der Waals surface area (Å²) >= 11 is 5.27. The average Bonchev–Trinajstić information content (AvgIpc) is 2.54. The fraction of sp³-hybridized carbons (Fsp3) is 0.250. The van der Waals surface area contributed by atoms with Gasteiger partial charge in [-0.05, 0) is 41.6 Å². The van der Waals surface area contributed by atoms with Gasteiger partial charge in [-0.15, -0.1) is 11.8 Å². The fourth-order valence-electron chi connectivity index (χ4n) is 2.10. The topological polar surface area (TPSA) is 44.5 Å². The van der Waals surface area contributed by atoms with Crippen LogP contribution in [-0.4, -0.2) is 20.5 Å². The van der Waals surface area contributed by atoms with Crippen molar-refractivity contribution in [3.63, 3.8) is 0 Å². The Bertz CT molecular complexity index is 616. The molecule has 2 rings (SSSR count). The second-order valence-corrected chi connectivity index (χ2v) is 6.21. The number of halogens is 1. The Hall–Kier alpha value is -1.17. The van der Waals surface area contributed by atoms with Gasteiger partial charge in [0.05, 0.1) is 20.3 Å². The highest BCUT2D eigenvalue weighted by atomic mass is 79.9. The predicted molar refractivity (Wildman–Crippen MR) is 91.5 cm³/mol. The van der Waals surface area contributed by atoms with E-state index < -0.39 is 0 Å². The van der Waals surface area contributed by atoms with Crippen molar-refractivity contribution in [3.05, 3.63) is 52.0 Å². The number of benzene rings is 2. The van der Waals surface area contributed by atoms with E-state index in [-0.39, 0.29) is 6.04 Å². The molecule has 0 heterocycles. The van der Waals surface area contributed by atoms with Crippen LogP contribution in [0.25, 0.3) is 0 Å². The number of methoxy groups -OCH3 is 2. The molecule has 0 spiro atoms. The number of ether oxygens (including phenoxy) is 2. The molecular formula is C16H18BrNO2S. The lowest BCUT2D eigenvalue weighted by atomic mass is 9.99. The third-order valence-electron chi connectivity index (χ3n) is 3.31. The van der Waals surface area contributed by atoms with Gasteiger partial charge in [0.15, 0.2) is 11.5 Å². The van der Waals surface area contributed by atoms with Crippen molar-refractivity contribution in [2.75, 3.05) is 20.5 Å². The fourth-order valence-corrected chi connectivity index (χ4v) is 3.08. The van der Waals surface area contributed by atoms with E-state index in [9.17, 15) is 0 Å². The molecule has 2 N–H and O–H groups in total. The van der Waals surface area contributed by atoms with Crippen LogP contribution in [0.2, 0.25) is 0 Å². The zero-order chi connectivity index (χ0) is 15.4. The lowest BCUT2D eigenvalue weighted by molar-refractivity contribution is 0.354. The maximum atomic E-state index is 6.39. The van der Waals surface area contributed by atoms with Crippen LogP contribution in [0.3, 0.4) is 0 Å². The van der Waals surface area contributed by atoms with Crippen molar-refractivity contribution in [3.8, 4) is 11.5 Å². The molecular weight excluding hydrogens is 350 g/mol. The van der Waals surface area contributed by atoms with Crippen LogP contribution in [0.5, 0.6) is 11.5 Å². The van der Waals surface area contributed by atoms with Gasteiger partial charge in [0.1, 0.15) is 0 Å². The van der Waals surface area contributed by atoms with E-state index in [0.29, 0.717) is 11.5 Å². The van der Waals surface area contributed by atoms with Crippen molar-refractivity contribution in [1.29, 1.82) is 0 Å². The monoisotopic (exact) mass is 367 g/mol. The molecule has 0 radical (unpaired) electrons. The first-order valence-corrected chi connectivity index (χ1v) is 8.43. The molecule has 2 aromatic rings. The first-order valence-electron chi connectivity index (χ1n) is 6.41. The molecule has 21 heavy (non-hydrogen) atoms. The minimum absolute atomic E-state index is 0.227. The van der Waals surface area contributed by atoms with Crippen LogP contribution >= 0.6 is 27.7 Å². The predicted octanol–water partition coefficient (Wildman–Crippen LogP) is 4.24. The third-order valence-corrected chi connectivity index (χ3v) is 4.74. The van der Waals surface area contributed by atoms with Crippen LogP contribution in [-0.2, 0) is 0 Å². The molecule has 0 aliphatic carbocycles. The number of thioether (sulfide) groups is 1. The van der Waals surface area contributed by atoms with E-state index in [1.54, 1.807) is 26.0 Å². The van der Waals surface area contributed by atoms with Crippen molar-refractivity contribution in [2.24, 2.45) is 5.73 Å². The summed E-state index contributed by atoms with van der Waals surface area (Å²) in [7, 11) is 3.24. The van der Waals surface area contributed by atoms with Gasteiger partial charge >= 0.3 is 0 Å². The quantitative estimate of drug-likeness (QED) is 0.802. The van der Waals surface area contributed by atoms with Gasteiger partial charge in [-0.2, -0.15) is 0 Å². The van der Waals surface area contributed by atoms with Gasteiger partial charge in [-0.1, -0.05) is 28.1 Å². The largest absolute Gasteiger partial charge is 0.493 e. The van der Waals surface area contributed by atoms with E-state index in [1.807, 2.05) is 12.1 Å². The lowest BCUT2D eigenvalue weighted by Crippen LogP contribution is -2.12. The molecule has 0 bridgehead atoms. The Labute approximate surface area is 138 Å². The van der Waals surface area contributed by atoms with Crippen LogP contribution in [0.1, 0.15) is 17.2 Å². The molecule has 0 fully saturated rings. The number of rotatable bonds is 5. The van der Waals surface area contributed by atoms with Gasteiger partial charge in [-0.3, -0.25) is 0 Å². The second kappa shape index (κ2) is 7.20. The molecule has 0 aliphatic rings. The second-order valence-electron chi connectivity index (χ2n) is 4.48. The van der Waals surface area contributed by atoms with Crippen LogP contribution in [0.15, 0.2) is 45.8 Å². The molecule has 5 heteroatoms. The Morgan fingerprint density at radius 3 is 2.14 bits per heavy atom. The van der Waals surface area contributed by atoms with Crippen molar-refractivity contribution >= 4 is 27.7 Å². The van der Waals surface area contributed by atoms with Crippen molar-refractivity contribution < 1.29 is 9.47 Å². The Morgan fingerprint density at radius 2 is 1.62 bits per heavy atom. The standard InChI is InChI=1S/C16H18BrNO2S/c1-19-14-8-12(13(17)9-15(14)20-2)16(18)10-4-6-11(21-3)7-5-10/h4-9,16H,18H2,1-3H3. The summed E-state index contributed by atoms with van der Waals surface area (Å²) in [6.45, 7) is 0. The van der Waals surface area contributed by atoms with Crippen molar-refractivity contribution in [2.45, 2.75) is 10.9 Å².